The Balaban J connectivity index is 2.11. The Bertz CT molecular complexity index is 388. The lowest BCUT2D eigenvalue weighted by molar-refractivity contribution is -0.140. The van der Waals surface area contributed by atoms with Crippen LogP contribution in [-0.4, -0.2) is 19.6 Å². The van der Waals surface area contributed by atoms with E-state index in [2.05, 4.69) is 28.3 Å². The van der Waals surface area contributed by atoms with Crippen LogP contribution in [0, 0.1) is 0 Å². The first kappa shape index (κ1) is 11.1. The summed E-state index contributed by atoms with van der Waals surface area (Å²) in [5, 5.41) is 3.35. The maximum absolute atomic E-state index is 11.1. The molecule has 0 radical (unpaired) electrons. The Kier molecular flexibility index (Phi) is 3.57. The van der Waals surface area contributed by atoms with Gasteiger partial charge in [0.15, 0.2) is 0 Å². The number of benzene rings is 1. The van der Waals surface area contributed by atoms with Gasteiger partial charge in [-0.05, 0) is 36.1 Å². The van der Waals surface area contributed by atoms with Gasteiger partial charge in [-0.1, -0.05) is 18.2 Å². The monoisotopic (exact) mass is 219 g/mol. The Morgan fingerprint density at radius 2 is 2.38 bits per heavy atom. The van der Waals surface area contributed by atoms with Crippen molar-refractivity contribution in [3.8, 4) is 0 Å². The van der Waals surface area contributed by atoms with Crippen LogP contribution >= 0.6 is 0 Å². The van der Waals surface area contributed by atoms with Crippen molar-refractivity contribution in [3.63, 3.8) is 0 Å². The van der Waals surface area contributed by atoms with E-state index >= 15 is 0 Å². The average Bonchev–Trinajstić information content (AvgIpc) is 2.35. The van der Waals surface area contributed by atoms with Crippen molar-refractivity contribution >= 4 is 5.97 Å². The molecule has 1 aromatic carbocycles. The second kappa shape index (κ2) is 5.12. The highest BCUT2D eigenvalue weighted by molar-refractivity contribution is 5.69. The number of hydrogen-bond acceptors (Lipinski definition) is 3. The van der Waals surface area contributed by atoms with E-state index in [9.17, 15) is 4.79 Å². The van der Waals surface area contributed by atoms with Crippen LogP contribution in [0.2, 0.25) is 0 Å². The summed E-state index contributed by atoms with van der Waals surface area (Å²) >= 11 is 0. The molecular weight excluding hydrogens is 202 g/mol. The molecule has 0 aliphatic carbocycles. The normalized spacial score (nSPS) is 14.3. The molecule has 1 aliphatic rings. The lowest BCUT2D eigenvalue weighted by atomic mass is 9.93. The number of hydrogen-bond donors (Lipinski definition) is 1. The molecule has 0 spiro atoms. The van der Waals surface area contributed by atoms with Crippen LogP contribution in [0.5, 0.6) is 0 Å². The first-order valence-corrected chi connectivity index (χ1v) is 5.68. The third-order valence-corrected chi connectivity index (χ3v) is 3.06. The Morgan fingerprint density at radius 1 is 1.50 bits per heavy atom. The van der Waals surface area contributed by atoms with E-state index < -0.39 is 0 Å². The van der Waals surface area contributed by atoms with Gasteiger partial charge in [-0.3, -0.25) is 4.79 Å². The van der Waals surface area contributed by atoms with Crippen molar-refractivity contribution in [1.82, 2.24) is 5.32 Å². The van der Waals surface area contributed by atoms with Crippen LogP contribution in [0.15, 0.2) is 18.2 Å². The first-order valence-electron chi connectivity index (χ1n) is 5.68. The number of esters is 1. The fourth-order valence-electron chi connectivity index (χ4n) is 2.18. The van der Waals surface area contributed by atoms with Gasteiger partial charge in [0, 0.05) is 13.0 Å². The summed E-state index contributed by atoms with van der Waals surface area (Å²) in [5.74, 6) is -0.133. The van der Waals surface area contributed by atoms with Crippen molar-refractivity contribution < 1.29 is 9.53 Å². The lowest BCUT2D eigenvalue weighted by Crippen LogP contribution is -2.24. The second-order valence-electron chi connectivity index (χ2n) is 4.06. The minimum atomic E-state index is -0.133. The quantitative estimate of drug-likeness (QED) is 0.782. The predicted octanol–water partition coefficient (Wildman–Crippen LogP) is 1.44. The molecule has 0 saturated carbocycles. The highest BCUT2D eigenvalue weighted by atomic mass is 16.5. The van der Waals surface area contributed by atoms with Crippen molar-refractivity contribution in [2.24, 2.45) is 0 Å². The van der Waals surface area contributed by atoms with E-state index in [1.54, 1.807) is 0 Å². The van der Waals surface area contributed by atoms with Crippen molar-refractivity contribution in [1.29, 1.82) is 0 Å². The number of aryl methyl sites for hydroxylation is 1. The van der Waals surface area contributed by atoms with Crippen LogP contribution in [0.3, 0.4) is 0 Å². The molecule has 1 aliphatic heterocycles. The summed E-state index contributed by atoms with van der Waals surface area (Å²) in [6.45, 7) is 1.98. The van der Waals surface area contributed by atoms with E-state index in [1.807, 2.05) is 0 Å². The lowest BCUT2D eigenvalue weighted by Gasteiger charge is -2.20. The Labute approximate surface area is 95.8 Å². The number of rotatable bonds is 3. The van der Waals surface area contributed by atoms with Crippen LogP contribution in [0.4, 0.5) is 0 Å². The van der Waals surface area contributed by atoms with E-state index in [0.29, 0.717) is 6.42 Å². The van der Waals surface area contributed by atoms with Gasteiger partial charge >= 0.3 is 5.97 Å². The number of nitrogens with one attached hydrogen (secondary N) is 1. The van der Waals surface area contributed by atoms with E-state index in [1.165, 1.54) is 23.8 Å². The van der Waals surface area contributed by atoms with E-state index in [0.717, 1.165) is 25.9 Å². The SMILES string of the molecule is COC(=O)CCc1cccc2c1CCNC2. The maximum Gasteiger partial charge on any atom is 0.305 e. The van der Waals surface area contributed by atoms with Gasteiger partial charge in [-0.25, -0.2) is 0 Å². The summed E-state index contributed by atoms with van der Waals surface area (Å²) in [5.41, 5.74) is 4.09. The number of carbonyl (C=O) groups excluding carboxylic acids is 1. The predicted molar refractivity (Wildman–Crippen MR) is 62.2 cm³/mol. The number of carbonyl (C=O) groups is 1. The molecule has 1 aromatic rings. The molecule has 0 unspecified atom stereocenters. The first-order chi connectivity index (χ1) is 7.81. The molecule has 16 heavy (non-hydrogen) atoms. The van der Waals surface area contributed by atoms with Crippen LogP contribution in [0.25, 0.3) is 0 Å². The van der Waals surface area contributed by atoms with Gasteiger partial charge in [0.05, 0.1) is 7.11 Å². The molecular formula is C13H17NO2. The molecule has 1 N–H and O–H groups in total. The summed E-state index contributed by atoms with van der Waals surface area (Å²) in [7, 11) is 1.44. The van der Waals surface area contributed by atoms with Crippen LogP contribution in [-0.2, 0) is 28.9 Å². The van der Waals surface area contributed by atoms with E-state index in [-0.39, 0.29) is 5.97 Å². The van der Waals surface area contributed by atoms with Gasteiger partial charge in [0.2, 0.25) is 0 Å². The zero-order chi connectivity index (χ0) is 11.4. The summed E-state index contributed by atoms with van der Waals surface area (Å²) in [4.78, 5) is 11.1. The second-order valence-corrected chi connectivity index (χ2v) is 4.06. The summed E-state index contributed by atoms with van der Waals surface area (Å²) < 4.78 is 4.66. The fraction of sp³-hybridized carbons (Fsp3) is 0.462. The molecule has 86 valence electrons. The molecule has 1 heterocycles. The molecule has 0 fully saturated rings. The molecule has 3 nitrogen and oxygen atoms in total. The molecule has 0 saturated heterocycles. The smallest absolute Gasteiger partial charge is 0.305 e. The fourth-order valence-corrected chi connectivity index (χ4v) is 2.18. The molecule has 0 aromatic heterocycles. The van der Waals surface area contributed by atoms with E-state index in [4.69, 9.17) is 0 Å². The highest BCUT2D eigenvalue weighted by Gasteiger charge is 2.12. The number of methoxy groups -OCH3 is 1. The molecule has 0 amide bonds. The largest absolute Gasteiger partial charge is 0.469 e. The highest BCUT2D eigenvalue weighted by Crippen LogP contribution is 2.19. The zero-order valence-corrected chi connectivity index (χ0v) is 9.58. The Morgan fingerprint density at radius 3 is 3.19 bits per heavy atom. The summed E-state index contributed by atoms with van der Waals surface area (Å²) in [6, 6.07) is 6.34. The van der Waals surface area contributed by atoms with Crippen molar-refractivity contribution in [2.45, 2.75) is 25.8 Å². The number of fused-ring (bicyclic) bond motifs is 1. The van der Waals surface area contributed by atoms with Gasteiger partial charge in [-0.2, -0.15) is 0 Å². The number of ether oxygens (including phenoxy) is 1. The summed E-state index contributed by atoms with van der Waals surface area (Å²) in [6.07, 6.45) is 2.32. The van der Waals surface area contributed by atoms with Crippen molar-refractivity contribution in [2.75, 3.05) is 13.7 Å². The molecule has 0 bridgehead atoms. The molecule has 0 atom stereocenters. The van der Waals surface area contributed by atoms with Crippen LogP contribution in [0.1, 0.15) is 23.1 Å². The maximum atomic E-state index is 11.1. The third kappa shape index (κ3) is 2.42. The van der Waals surface area contributed by atoms with Crippen molar-refractivity contribution in [3.05, 3.63) is 34.9 Å². The topological polar surface area (TPSA) is 38.3 Å². The minimum Gasteiger partial charge on any atom is -0.469 e. The van der Waals surface area contributed by atoms with Gasteiger partial charge in [0.1, 0.15) is 0 Å². The molecule has 2 rings (SSSR count). The van der Waals surface area contributed by atoms with Gasteiger partial charge in [0.25, 0.3) is 0 Å². The van der Waals surface area contributed by atoms with Gasteiger partial charge in [-0.15, -0.1) is 0 Å². The minimum absolute atomic E-state index is 0.133. The van der Waals surface area contributed by atoms with Gasteiger partial charge < -0.3 is 10.1 Å². The standard InChI is InChI=1S/C13H17NO2/c1-16-13(15)6-5-10-3-2-4-11-9-14-8-7-12(10)11/h2-4,14H,5-9H2,1H3. The molecule has 3 heteroatoms. The van der Waals surface area contributed by atoms with Crippen LogP contribution < -0.4 is 5.32 Å². The Hall–Kier alpha value is -1.35. The zero-order valence-electron chi connectivity index (χ0n) is 9.58. The third-order valence-electron chi connectivity index (χ3n) is 3.06. The average molecular weight is 219 g/mol.